The van der Waals surface area contributed by atoms with Gasteiger partial charge in [-0.1, -0.05) is 41.9 Å². The van der Waals surface area contributed by atoms with Crippen LogP contribution in [0.5, 0.6) is 0 Å². The Balaban J connectivity index is 1.61. The summed E-state index contributed by atoms with van der Waals surface area (Å²) in [4.78, 5) is 28.4. The predicted molar refractivity (Wildman–Crippen MR) is 134 cm³/mol. The molecular formula is C24H22ClN3O5S2. The van der Waals surface area contributed by atoms with Crippen LogP contribution in [-0.2, 0) is 26.0 Å². The van der Waals surface area contributed by atoms with Crippen molar-refractivity contribution >= 4 is 55.6 Å². The van der Waals surface area contributed by atoms with E-state index in [0.717, 1.165) is 22.2 Å². The highest BCUT2D eigenvalue weighted by Crippen LogP contribution is 2.34. The van der Waals surface area contributed by atoms with Crippen molar-refractivity contribution in [2.75, 3.05) is 0 Å². The minimum Gasteiger partial charge on any atom is -0.361 e. The number of carbonyl (C=O) groups is 2. The SMILES string of the molecule is CC(=O)C(c1ccc(Cl)cc1)c1ccc(S(=O)(=O)NC(Cc2c[nH]c3ccccc23)C(=O)NO)s1. The number of para-hydroxylation sites is 1. The number of carbonyl (C=O) groups excluding carboxylic acids is 2. The number of hydroxylamine groups is 1. The number of benzene rings is 2. The molecule has 11 heteroatoms. The number of sulfonamides is 1. The minimum atomic E-state index is -4.14. The van der Waals surface area contributed by atoms with Crippen molar-refractivity contribution in [2.45, 2.75) is 29.5 Å². The van der Waals surface area contributed by atoms with Gasteiger partial charge in [-0.15, -0.1) is 11.3 Å². The molecule has 182 valence electrons. The number of aromatic amines is 1. The van der Waals surface area contributed by atoms with Gasteiger partial charge >= 0.3 is 0 Å². The van der Waals surface area contributed by atoms with E-state index in [0.29, 0.717) is 21.0 Å². The predicted octanol–water partition coefficient (Wildman–Crippen LogP) is 4.00. The average molecular weight is 532 g/mol. The van der Waals surface area contributed by atoms with Gasteiger partial charge in [0.1, 0.15) is 16.0 Å². The molecule has 0 aliphatic rings. The number of halogens is 1. The molecule has 2 aromatic carbocycles. The van der Waals surface area contributed by atoms with Gasteiger partial charge in [-0.2, -0.15) is 4.72 Å². The van der Waals surface area contributed by atoms with E-state index in [-0.39, 0.29) is 16.4 Å². The Labute approximate surface area is 211 Å². The van der Waals surface area contributed by atoms with Crippen LogP contribution >= 0.6 is 22.9 Å². The fourth-order valence-corrected chi connectivity index (χ4v) is 6.77. The molecule has 0 saturated heterocycles. The molecule has 0 bridgehead atoms. The normalized spacial score (nSPS) is 13.5. The molecule has 2 aromatic heterocycles. The maximum Gasteiger partial charge on any atom is 0.261 e. The van der Waals surface area contributed by atoms with Gasteiger partial charge < -0.3 is 4.98 Å². The van der Waals surface area contributed by atoms with Crippen LogP contribution in [0.15, 0.2) is 71.1 Å². The Hall–Kier alpha value is -3.02. The Morgan fingerprint density at radius 1 is 1.09 bits per heavy atom. The first-order valence-corrected chi connectivity index (χ1v) is 13.2. The van der Waals surface area contributed by atoms with Crippen molar-refractivity contribution in [3.8, 4) is 0 Å². The van der Waals surface area contributed by atoms with E-state index < -0.39 is 27.9 Å². The van der Waals surface area contributed by atoms with Gasteiger partial charge in [0.25, 0.3) is 15.9 Å². The lowest BCUT2D eigenvalue weighted by atomic mass is 9.94. The van der Waals surface area contributed by atoms with Gasteiger partial charge in [-0.25, -0.2) is 13.9 Å². The van der Waals surface area contributed by atoms with Crippen LogP contribution < -0.4 is 10.2 Å². The van der Waals surface area contributed by atoms with Crippen molar-refractivity contribution < 1.29 is 23.2 Å². The number of H-pyrrole nitrogens is 1. The van der Waals surface area contributed by atoms with Gasteiger partial charge in [-0.05, 0) is 54.8 Å². The second-order valence-electron chi connectivity index (χ2n) is 7.97. The second kappa shape index (κ2) is 10.3. The number of Topliss-reactive ketones (excluding diaryl/α,β-unsaturated/α-hetero) is 1. The topological polar surface area (TPSA) is 128 Å². The van der Waals surface area contributed by atoms with Crippen LogP contribution in [0.4, 0.5) is 0 Å². The van der Waals surface area contributed by atoms with Gasteiger partial charge in [0.05, 0.1) is 5.92 Å². The maximum absolute atomic E-state index is 13.2. The van der Waals surface area contributed by atoms with E-state index >= 15 is 0 Å². The van der Waals surface area contributed by atoms with Crippen molar-refractivity contribution in [3.63, 3.8) is 0 Å². The van der Waals surface area contributed by atoms with Crippen LogP contribution in [0.25, 0.3) is 10.9 Å². The van der Waals surface area contributed by atoms with Gasteiger partial charge in [0.2, 0.25) is 0 Å². The first-order chi connectivity index (χ1) is 16.7. The second-order valence-corrected chi connectivity index (χ2v) is 11.5. The molecule has 0 spiro atoms. The molecule has 0 aliphatic heterocycles. The fraction of sp³-hybridized carbons (Fsp3) is 0.167. The van der Waals surface area contributed by atoms with Gasteiger partial charge in [0, 0.05) is 27.0 Å². The number of hydrogen-bond donors (Lipinski definition) is 4. The van der Waals surface area contributed by atoms with E-state index in [9.17, 15) is 23.2 Å². The van der Waals surface area contributed by atoms with Crippen LogP contribution in [0.3, 0.4) is 0 Å². The minimum absolute atomic E-state index is 0.00865. The molecule has 35 heavy (non-hydrogen) atoms. The number of fused-ring (bicyclic) bond motifs is 1. The zero-order valence-electron chi connectivity index (χ0n) is 18.5. The van der Waals surface area contributed by atoms with Crippen molar-refractivity contribution in [1.82, 2.24) is 15.2 Å². The molecule has 0 aliphatic carbocycles. The van der Waals surface area contributed by atoms with Gasteiger partial charge in [-0.3, -0.25) is 14.8 Å². The largest absolute Gasteiger partial charge is 0.361 e. The summed E-state index contributed by atoms with van der Waals surface area (Å²) in [6, 6.07) is 15.9. The lowest BCUT2D eigenvalue weighted by molar-refractivity contribution is -0.130. The molecule has 2 heterocycles. The highest BCUT2D eigenvalue weighted by molar-refractivity contribution is 7.91. The summed E-state index contributed by atoms with van der Waals surface area (Å²) in [5.74, 6) is -1.69. The molecule has 4 rings (SSSR count). The molecule has 4 aromatic rings. The Bertz CT molecular complexity index is 1480. The molecule has 0 radical (unpaired) electrons. The maximum atomic E-state index is 13.2. The van der Waals surface area contributed by atoms with E-state index in [1.807, 2.05) is 24.3 Å². The van der Waals surface area contributed by atoms with Crippen LogP contribution in [0.2, 0.25) is 5.02 Å². The summed E-state index contributed by atoms with van der Waals surface area (Å²) in [7, 11) is -4.14. The first-order valence-electron chi connectivity index (χ1n) is 10.6. The number of ketones is 1. The molecule has 0 saturated carbocycles. The Morgan fingerprint density at radius 3 is 2.49 bits per heavy atom. The number of thiophene rings is 1. The number of aromatic nitrogens is 1. The van der Waals surface area contributed by atoms with E-state index in [1.54, 1.807) is 36.5 Å². The van der Waals surface area contributed by atoms with Gasteiger partial charge in [0.15, 0.2) is 0 Å². The molecule has 1 amide bonds. The standard InChI is InChI=1S/C24H22ClN3O5S2/c1-14(29)23(15-6-8-17(25)9-7-15)21-10-11-22(34-21)35(32,33)28-20(24(30)27-31)12-16-13-26-19-5-3-2-4-18(16)19/h2-11,13,20,23,26,28,31H,12H2,1H3,(H,27,30). The summed E-state index contributed by atoms with van der Waals surface area (Å²) in [6.45, 7) is 1.44. The number of rotatable bonds is 9. The summed E-state index contributed by atoms with van der Waals surface area (Å²) < 4.78 is 28.7. The molecule has 4 N–H and O–H groups in total. The number of hydrogen-bond acceptors (Lipinski definition) is 6. The molecule has 2 unspecified atom stereocenters. The summed E-state index contributed by atoms with van der Waals surface area (Å²) >= 11 is 6.89. The lowest BCUT2D eigenvalue weighted by Crippen LogP contribution is -2.46. The van der Waals surface area contributed by atoms with E-state index in [4.69, 9.17) is 11.6 Å². The van der Waals surface area contributed by atoms with E-state index in [2.05, 4.69) is 9.71 Å². The Kier molecular flexibility index (Phi) is 7.39. The summed E-state index contributed by atoms with van der Waals surface area (Å²) in [6.07, 6.45) is 1.71. The highest BCUT2D eigenvalue weighted by Gasteiger charge is 2.29. The zero-order chi connectivity index (χ0) is 25.2. The van der Waals surface area contributed by atoms with E-state index in [1.165, 1.54) is 18.5 Å². The average Bonchev–Trinajstić information content (AvgIpc) is 3.48. The summed E-state index contributed by atoms with van der Waals surface area (Å²) in [5, 5.41) is 10.6. The smallest absolute Gasteiger partial charge is 0.261 e. The highest BCUT2D eigenvalue weighted by atomic mass is 35.5. The first kappa shape index (κ1) is 25.1. The van der Waals surface area contributed by atoms with Crippen molar-refractivity contribution in [2.24, 2.45) is 0 Å². The fourth-order valence-electron chi connectivity index (χ4n) is 3.92. The third kappa shape index (κ3) is 5.47. The van der Waals surface area contributed by atoms with Crippen LogP contribution in [0.1, 0.15) is 28.8 Å². The van der Waals surface area contributed by atoms with Crippen molar-refractivity contribution in [3.05, 3.63) is 87.9 Å². The van der Waals surface area contributed by atoms with Crippen LogP contribution in [-0.4, -0.2) is 36.3 Å². The molecule has 0 fully saturated rings. The van der Waals surface area contributed by atoms with Crippen molar-refractivity contribution in [1.29, 1.82) is 0 Å². The lowest BCUT2D eigenvalue weighted by Gasteiger charge is -2.16. The number of nitrogens with one attached hydrogen (secondary N) is 3. The quantitative estimate of drug-likeness (QED) is 0.192. The monoisotopic (exact) mass is 531 g/mol. The number of amides is 1. The van der Waals surface area contributed by atoms with Crippen LogP contribution in [0, 0.1) is 0 Å². The summed E-state index contributed by atoms with van der Waals surface area (Å²) in [5.41, 5.74) is 3.78. The Morgan fingerprint density at radius 2 is 1.80 bits per heavy atom. The molecule has 8 nitrogen and oxygen atoms in total. The molecular weight excluding hydrogens is 510 g/mol. The molecule has 2 atom stereocenters. The third-order valence-electron chi connectivity index (χ3n) is 5.58. The third-order valence-corrected chi connectivity index (χ3v) is 8.95. The zero-order valence-corrected chi connectivity index (χ0v) is 20.9.